The van der Waals surface area contributed by atoms with Crippen molar-refractivity contribution in [2.45, 2.75) is 19.4 Å². The van der Waals surface area contributed by atoms with E-state index in [9.17, 15) is 14.0 Å². The maximum absolute atomic E-state index is 14.1. The minimum absolute atomic E-state index is 0.0866. The molecule has 1 aliphatic rings. The Labute approximate surface area is 134 Å². The van der Waals surface area contributed by atoms with Crippen molar-refractivity contribution >= 4 is 17.6 Å². The lowest BCUT2D eigenvalue weighted by atomic mass is 9.96. The SMILES string of the molecule is CN(CC(=O)O)Cc1ccc(F)c(N2CCC(C(=O)O)CC2)c1. The molecule has 1 aliphatic heterocycles. The number of halogens is 1. The fourth-order valence-electron chi connectivity index (χ4n) is 2.86. The first-order valence-corrected chi connectivity index (χ1v) is 7.53. The monoisotopic (exact) mass is 324 g/mol. The zero-order valence-electron chi connectivity index (χ0n) is 13.0. The van der Waals surface area contributed by atoms with Gasteiger partial charge in [-0.05, 0) is 37.6 Å². The van der Waals surface area contributed by atoms with Crippen molar-refractivity contribution < 1.29 is 24.2 Å². The number of carboxylic acids is 2. The summed E-state index contributed by atoms with van der Waals surface area (Å²) in [5.41, 5.74) is 1.28. The summed E-state index contributed by atoms with van der Waals surface area (Å²) in [5.74, 6) is -2.41. The van der Waals surface area contributed by atoms with E-state index in [1.807, 2.05) is 4.90 Å². The highest BCUT2D eigenvalue weighted by molar-refractivity contribution is 5.70. The van der Waals surface area contributed by atoms with Crippen LogP contribution >= 0.6 is 0 Å². The van der Waals surface area contributed by atoms with Crippen molar-refractivity contribution in [3.63, 3.8) is 0 Å². The van der Waals surface area contributed by atoms with Gasteiger partial charge in [-0.15, -0.1) is 0 Å². The van der Waals surface area contributed by atoms with Crippen LogP contribution in [0.2, 0.25) is 0 Å². The van der Waals surface area contributed by atoms with Gasteiger partial charge in [0.25, 0.3) is 0 Å². The van der Waals surface area contributed by atoms with Gasteiger partial charge in [-0.25, -0.2) is 4.39 Å². The fourth-order valence-corrected chi connectivity index (χ4v) is 2.86. The predicted octanol–water partition coefficient (Wildman–Crippen LogP) is 1.64. The van der Waals surface area contributed by atoms with Crippen LogP contribution in [0.25, 0.3) is 0 Å². The van der Waals surface area contributed by atoms with Gasteiger partial charge in [0.05, 0.1) is 18.2 Å². The highest BCUT2D eigenvalue weighted by Crippen LogP contribution is 2.27. The molecule has 7 heteroatoms. The summed E-state index contributed by atoms with van der Waals surface area (Å²) in [6, 6.07) is 4.73. The Morgan fingerprint density at radius 1 is 1.30 bits per heavy atom. The zero-order valence-corrected chi connectivity index (χ0v) is 13.0. The molecule has 0 unspecified atom stereocenters. The number of anilines is 1. The van der Waals surface area contributed by atoms with Crippen LogP contribution in [-0.4, -0.2) is 53.7 Å². The third kappa shape index (κ3) is 4.66. The second kappa shape index (κ2) is 7.41. The average molecular weight is 324 g/mol. The Hall–Kier alpha value is -2.15. The Bertz CT molecular complexity index is 585. The molecule has 1 heterocycles. The van der Waals surface area contributed by atoms with Gasteiger partial charge in [0.2, 0.25) is 0 Å². The van der Waals surface area contributed by atoms with E-state index < -0.39 is 11.9 Å². The van der Waals surface area contributed by atoms with Crippen LogP contribution in [0.4, 0.5) is 10.1 Å². The van der Waals surface area contributed by atoms with E-state index in [1.54, 1.807) is 24.1 Å². The Morgan fingerprint density at radius 2 is 1.96 bits per heavy atom. The summed E-state index contributed by atoms with van der Waals surface area (Å²) in [4.78, 5) is 25.2. The molecule has 6 nitrogen and oxygen atoms in total. The van der Waals surface area contributed by atoms with Crippen molar-refractivity contribution in [3.05, 3.63) is 29.6 Å². The molecule has 1 aromatic carbocycles. The molecule has 0 saturated carbocycles. The number of carbonyl (C=O) groups is 2. The minimum atomic E-state index is -0.912. The molecule has 0 spiro atoms. The van der Waals surface area contributed by atoms with Crippen molar-refractivity contribution in [2.75, 3.05) is 31.6 Å². The molecule has 126 valence electrons. The Balaban J connectivity index is 2.06. The highest BCUT2D eigenvalue weighted by atomic mass is 19.1. The van der Waals surface area contributed by atoms with E-state index in [0.717, 1.165) is 5.56 Å². The van der Waals surface area contributed by atoms with E-state index in [4.69, 9.17) is 10.2 Å². The summed E-state index contributed by atoms with van der Waals surface area (Å²) < 4.78 is 14.1. The van der Waals surface area contributed by atoms with Crippen molar-refractivity contribution in [1.82, 2.24) is 4.90 Å². The van der Waals surface area contributed by atoms with Crippen LogP contribution in [-0.2, 0) is 16.1 Å². The summed E-state index contributed by atoms with van der Waals surface area (Å²) in [7, 11) is 1.69. The lowest BCUT2D eigenvalue weighted by Gasteiger charge is -2.32. The first-order chi connectivity index (χ1) is 10.9. The quantitative estimate of drug-likeness (QED) is 0.828. The number of hydrogen-bond acceptors (Lipinski definition) is 4. The third-order valence-corrected chi connectivity index (χ3v) is 4.05. The molecule has 1 fully saturated rings. The molecule has 2 N–H and O–H groups in total. The van der Waals surface area contributed by atoms with Gasteiger partial charge >= 0.3 is 11.9 Å². The highest BCUT2D eigenvalue weighted by Gasteiger charge is 2.25. The standard InChI is InChI=1S/C16H21FN2O4/c1-18(10-15(20)21)9-11-2-3-13(17)14(8-11)19-6-4-12(5-7-19)16(22)23/h2-3,8,12H,4-7,9-10H2,1H3,(H,20,21)(H,22,23). The number of piperidine rings is 1. The molecular weight excluding hydrogens is 303 g/mol. The first-order valence-electron chi connectivity index (χ1n) is 7.53. The van der Waals surface area contributed by atoms with Gasteiger partial charge in [-0.1, -0.05) is 6.07 Å². The maximum atomic E-state index is 14.1. The molecule has 23 heavy (non-hydrogen) atoms. The molecule has 0 aliphatic carbocycles. The molecule has 1 saturated heterocycles. The predicted molar refractivity (Wildman–Crippen MR) is 82.9 cm³/mol. The smallest absolute Gasteiger partial charge is 0.317 e. The van der Waals surface area contributed by atoms with Gasteiger partial charge < -0.3 is 15.1 Å². The summed E-state index contributed by atoms with van der Waals surface area (Å²) >= 11 is 0. The van der Waals surface area contributed by atoms with Crippen molar-refractivity contribution in [3.8, 4) is 0 Å². The van der Waals surface area contributed by atoms with Crippen LogP contribution in [0.1, 0.15) is 18.4 Å². The molecule has 2 rings (SSSR count). The van der Waals surface area contributed by atoms with Gasteiger partial charge in [-0.2, -0.15) is 0 Å². The second-order valence-electron chi connectivity index (χ2n) is 5.95. The second-order valence-corrected chi connectivity index (χ2v) is 5.95. The molecule has 0 radical (unpaired) electrons. The van der Waals surface area contributed by atoms with Crippen LogP contribution in [0.3, 0.4) is 0 Å². The van der Waals surface area contributed by atoms with Crippen LogP contribution in [0.15, 0.2) is 18.2 Å². The molecule has 1 aromatic rings. The van der Waals surface area contributed by atoms with Crippen LogP contribution < -0.4 is 4.90 Å². The maximum Gasteiger partial charge on any atom is 0.317 e. The molecule has 0 atom stereocenters. The van der Waals surface area contributed by atoms with Crippen molar-refractivity contribution in [1.29, 1.82) is 0 Å². The van der Waals surface area contributed by atoms with E-state index in [0.29, 0.717) is 38.2 Å². The topological polar surface area (TPSA) is 81.1 Å². The number of hydrogen-bond donors (Lipinski definition) is 2. The van der Waals surface area contributed by atoms with Crippen molar-refractivity contribution in [2.24, 2.45) is 5.92 Å². The number of aliphatic carboxylic acids is 2. The summed E-state index contributed by atoms with van der Waals surface area (Å²) in [6.07, 6.45) is 0.996. The number of nitrogens with zero attached hydrogens (tertiary/aromatic N) is 2. The normalized spacial score (nSPS) is 15.9. The van der Waals surface area contributed by atoms with Gasteiger partial charge in [0.15, 0.2) is 0 Å². The van der Waals surface area contributed by atoms with E-state index in [1.165, 1.54) is 6.07 Å². The zero-order chi connectivity index (χ0) is 17.0. The first kappa shape index (κ1) is 17.2. The number of rotatable bonds is 6. The number of carboxylic acid groups (broad SMARTS) is 2. The van der Waals surface area contributed by atoms with E-state index >= 15 is 0 Å². The minimum Gasteiger partial charge on any atom is -0.481 e. The Morgan fingerprint density at radius 3 is 2.52 bits per heavy atom. The largest absolute Gasteiger partial charge is 0.481 e. The van der Waals surface area contributed by atoms with Crippen LogP contribution in [0, 0.1) is 11.7 Å². The molecule has 0 amide bonds. The summed E-state index contributed by atoms with van der Waals surface area (Å²) in [5, 5.41) is 17.8. The van der Waals surface area contributed by atoms with Gasteiger partial charge in [0.1, 0.15) is 5.82 Å². The lowest BCUT2D eigenvalue weighted by molar-refractivity contribution is -0.142. The Kier molecular flexibility index (Phi) is 5.54. The fraction of sp³-hybridized carbons (Fsp3) is 0.500. The molecular formula is C16H21FN2O4. The van der Waals surface area contributed by atoms with E-state index in [2.05, 4.69) is 0 Å². The average Bonchev–Trinajstić information content (AvgIpc) is 2.48. The van der Waals surface area contributed by atoms with Gasteiger partial charge in [0, 0.05) is 19.6 Å². The lowest BCUT2D eigenvalue weighted by Crippen LogP contribution is -2.36. The molecule has 0 aromatic heterocycles. The number of benzene rings is 1. The van der Waals surface area contributed by atoms with Gasteiger partial charge in [-0.3, -0.25) is 14.5 Å². The van der Waals surface area contributed by atoms with Crippen LogP contribution in [0.5, 0.6) is 0 Å². The number of likely N-dealkylation sites (N-methyl/N-ethyl adjacent to an activating group) is 1. The third-order valence-electron chi connectivity index (χ3n) is 4.05. The summed E-state index contributed by atoms with van der Waals surface area (Å²) in [6.45, 7) is 1.33. The van der Waals surface area contributed by atoms with E-state index in [-0.39, 0.29) is 18.3 Å². The molecule has 0 bridgehead atoms.